The van der Waals surface area contributed by atoms with Crippen LogP contribution in [0, 0.1) is 0 Å². The summed E-state index contributed by atoms with van der Waals surface area (Å²) in [5.74, 6) is 0. The van der Waals surface area contributed by atoms with Gasteiger partial charge in [0, 0.05) is 5.03 Å². The molecule has 0 heterocycles. The molecule has 0 aliphatic rings. The fraction of sp³-hybridized carbons (Fsp3) is 0.800. The summed E-state index contributed by atoms with van der Waals surface area (Å²) in [4.78, 5) is 0. The van der Waals surface area contributed by atoms with Crippen molar-refractivity contribution in [1.29, 1.82) is 0 Å². The summed E-state index contributed by atoms with van der Waals surface area (Å²) < 4.78 is 0. The maximum Gasteiger partial charge on any atom is 0.0109 e. The van der Waals surface area contributed by atoms with Crippen LogP contribution < -0.4 is 0 Å². The van der Waals surface area contributed by atoms with Crippen molar-refractivity contribution in [2.24, 2.45) is 0 Å². The Hall–Kier alpha value is 0.0300. The Labute approximate surface area is 75.6 Å². The highest BCUT2D eigenvalue weighted by Gasteiger charge is 1.90. The van der Waals surface area contributed by atoms with Crippen molar-refractivity contribution in [3.63, 3.8) is 0 Å². The highest BCUT2D eigenvalue weighted by Crippen LogP contribution is 2.12. The van der Waals surface area contributed by atoms with E-state index in [1.54, 1.807) is 0 Å². The second-order valence-corrected chi connectivity index (χ2v) is 3.57. The number of unbranched alkanes of at least 4 members (excludes halogenated alkanes) is 5. The number of hydrogen-bond acceptors (Lipinski definition) is 0. The van der Waals surface area contributed by atoms with Gasteiger partial charge < -0.3 is 0 Å². The molecule has 0 aromatic carbocycles. The van der Waals surface area contributed by atoms with Crippen LogP contribution in [0.25, 0.3) is 0 Å². The van der Waals surface area contributed by atoms with Crippen LogP contribution in [0.3, 0.4) is 0 Å². The number of halogens is 1. The first-order chi connectivity index (χ1) is 5.27. The van der Waals surface area contributed by atoms with Crippen LogP contribution >= 0.6 is 11.6 Å². The summed E-state index contributed by atoms with van der Waals surface area (Å²) in [5, 5.41) is 0.806. The van der Waals surface area contributed by atoms with Gasteiger partial charge >= 0.3 is 0 Å². The summed E-state index contributed by atoms with van der Waals surface area (Å²) >= 11 is 5.62. The zero-order valence-corrected chi connectivity index (χ0v) is 8.29. The predicted molar refractivity (Wildman–Crippen MR) is 53.0 cm³/mol. The highest BCUT2D eigenvalue weighted by molar-refractivity contribution is 6.29. The van der Waals surface area contributed by atoms with E-state index in [-0.39, 0.29) is 0 Å². The van der Waals surface area contributed by atoms with Crippen LogP contribution in [0.5, 0.6) is 0 Å². The van der Waals surface area contributed by atoms with E-state index in [0.717, 1.165) is 11.5 Å². The van der Waals surface area contributed by atoms with Crippen LogP contribution in [0.2, 0.25) is 0 Å². The third kappa shape index (κ3) is 10.0. The molecule has 0 aliphatic heterocycles. The Bertz CT molecular complexity index is 97.0. The molecule has 0 rings (SSSR count). The fourth-order valence-electron chi connectivity index (χ4n) is 1.10. The zero-order chi connectivity index (χ0) is 8.53. The van der Waals surface area contributed by atoms with Crippen LogP contribution in [0.15, 0.2) is 11.6 Å². The van der Waals surface area contributed by atoms with Crippen molar-refractivity contribution in [3.8, 4) is 0 Å². The smallest absolute Gasteiger partial charge is 0.0109 e. The standard InChI is InChI=1S/C10H19Cl/c1-3-4-5-6-7-8-9-10(2)11/h2-9H2,1H3. The van der Waals surface area contributed by atoms with Crippen molar-refractivity contribution in [1.82, 2.24) is 0 Å². The molecule has 0 aliphatic carbocycles. The van der Waals surface area contributed by atoms with Gasteiger partial charge in [-0.2, -0.15) is 0 Å². The Morgan fingerprint density at radius 1 is 1.09 bits per heavy atom. The van der Waals surface area contributed by atoms with Gasteiger partial charge in [0.25, 0.3) is 0 Å². The second-order valence-electron chi connectivity index (χ2n) is 3.04. The summed E-state index contributed by atoms with van der Waals surface area (Å²) in [6.07, 6.45) is 8.96. The molecule has 0 atom stereocenters. The minimum atomic E-state index is 0.806. The summed E-state index contributed by atoms with van der Waals surface area (Å²) in [6, 6.07) is 0. The molecule has 66 valence electrons. The molecule has 0 unspecified atom stereocenters. The van der Waals surface area contributed by atoms with Crippen molar-refractivity contribution >= 4 is 11.6 Å². The van der Waals surface area contributed by atoms with E-state index < -0.39 is 0 Å². The van der Waals surface area contributed by atoms with Gasteiger partial charge in [0.15, 0.2) is 0 Å². The zero-order valence-electron chi connectivity index (χ0n) is 7.53. The van der Waals surface area contributed by atoms with E-state index in [1.165, 1.54) is 38.5 Å². The van der Waals surface area contributed by atoms with E-state index in [2.05, 4.69) is 13.5 Å². The predicted octanol–water partition coefficient (Wildman–Crippen LogP) is 4.49. The molecule has 0 bridgehead atoms. The molecule has 0 radical (unpaired) electrons. The SMILES string of the molecule is C=C(Cl)CCCCCCCC. The molecule has 0 spiro atoms. The van der Waals surface area contributed by atoms with Gasteiger partial charge in [0.05, 0.1) is 0 Å². The van der Waals surface area contributed by atoms with Crippen LogP contribution in [0.1, 0.15) is 51.9 Å². The second kappa shape index (κ2) is 8.13. The molecular weight excluding hydrogens is 156 g/mol. The molecule has 0 saturated carbocycles. The molecule has 1 heteroatoms. The first kappa shape index (κ1) is 11.0. The molecule has 0 nitrogen and oxygen atoms in total. The van der Waals surface area contributed by atoms with Gasteiger partial charge in [0.2, 0.25) is 0 Å². The normalized spacial score (nSPS) is 10.0. The Morgan fingerprint density at radius 2 is 1.64 bits per heavy atom. The minimum absolute atomic E-state index is 0.806. The van der Waals surface area contributed by atoms with Gasteiger partial charge in [-0.25, -0.2) is 0 Å². The van der Waals surface area contributed by atoms with Crippen LogP contribution in [-0.2, 0) is 0 Å². The summed E-state index contributed by atoms with van der Waals surface area (Å²) in [5.41, 5.74) is 0. The maximum atomic E-state index is 5.62. The largest absolute Gasteiger partial charge is 0.0898 e. The van der Waals surface area contributed by atoms with E-state index >= 15 is 0 Å². The fourth-order valence-corrected chi connectivity index (χ4v) is 1.23. The van der Waals surface area contributed by atoms with Gasteiger partial charge in [0.1, 0.15) is 0 Å². The van der Waals surface area contributed by atoms with E-state index in [0.29, 0.717) is 0 Å². The number of allylic oxidation sites excluding steroid dienone is 1. The molecule has 0 N–H and O–H groups in total. The summed E-state index contributed by atoms with van der Waals surface area (Å²) in [7, 11) is 0. The van der Waals surface area contributed by atoms with Crippen molar-refractivity contribution < 1.29 is 0 Å². The quantitative estimate of drug-likeness (QED) is 0.499. The lowest BCUT2D eigenvalue weighted by atomic mass is 10.1. The van der Waals surface area contributed by atoms with E-state index in [9.17, 15) is 0 Å². The highest BCUT2D eigenvalue weighted by atomic mass is 35.5. The molecular formula is C10H19Cl. The van der Waals surface area contributed by atoms with Gasteiger partial charge in [-0.15, -0.1) is 0 Å². The Kier molecular flexibility index (Phi) is 8.15. The molecule has 0 amide bonds. The van der Waals surface area contributed by atoms with Gasteiger partial charge in [-0.3, -0.25) is 0 Å². The first-order valence-corrected chi connectivity index (χ1v) is 4.98. The van der Waals surface area contributed by atoms with Crippen LogP contribution in [0.4, 0.5) is 0 Å². The molecule has 0 saturated heterocycles. The molecule has 11 heavy (non-hydrogen) atoms. The third-order valence-electron chi connectivity index (χ3n) is 1.80. The third-order valence-corrected chi connectivity index (χ3v) is 1.99. The molecule has 0 aromatic heterocycles. The topological polar surface area (TPSA) is 0 Å². The summed E-state index contributed by atoms with van der Waals surface area (Å²) in [6.45, 7) is 5.89. The lowest BCUT2D eigenvalue weighted by Gasteiger charge is -1.98. The monoisotopic (exact) mass is 174 g/mol. The Morgan fingerprint density at radius 3 is 2.18 bits per heavy atom. The average Bonchev–Trinajstić information content (AvgIpc) is 1.96. The van der Waals surface area contributed by atoms with E-state index in [4.69, 9.17) is 11.6 Å². The Balaban J connectivity index is 2.85. The van der Waals surface area contributed by atoms with Crippen LogP contribution in [-0.4, -0.2) is 0 Å². The lowest BCUT2D eigenvalue weighted by molar-refractivity contribution is 0.610. The molecule has 0 fully saturated rings. The van der Waals surface area contributed by atoms with Crippen molar-refractivity contribution in [3.05, 3.63) is 11.6 Å². The number of rotatable bonds is 7. The van der Waals surface area contributed by atoms with E-state index in [1.807, 2.05) is 0 Å². The first-order valence-electron chi connectivity index (χ1n) is 4.60. The lowest BCUT2D eigenvalue weighted by Crippen LogP contribution is -1.78. The van der Waals surface area contributed by atoms with Gasteiger partial charge in [-0.1, -0.05) is 57.2 Å². The minimum Gasteiger partial charge on any atom is -0.0898 e. The molecule has 0 aromatic rings. The number of hydrogen-bond donors (Lipinski definition) is 0. The van der Waals surface area contributed by atoms with Crippen molar-refractivity contribution in [2.75, 3.05) is 0 Å². The average molecular weight is 175 g/mol. The van der Waals surface area contributed by atoms with Gasteiger partial charge in [-0.05, 0) is 12.8 Å². The van der Waals surface area contributed by atoms with Crippen molar-refractivity contribution in [2.45, 2.75) is 51.9 Å². The maximum absolute atomic E-state index is 5.62.